The fraction of sp³-hybridized carbons (Fsp3) is 0.818. The van der Waals surface area contributed by atoms with Crippen LogP contribution < -0.4 is 5.32 Å². The van der Waals surface area contributed by atoms with Crippen molar-refractivity contribution < 1.29 is 14.7 Å². The summed E-state index contributed by atoms with van der Waals surface area (Å²) < 4.78 is 0. The number of carbonyl (C=O) groups excluding carboxylic acids is 1. The third kappa shape index (κ3) is 5.11. The minimum absolute atomic E-state index is 0.00150. The molecule has 0 saturated carbocycles. The van der Waals surface area contributed by atoms with Gasteiger partial charge >= 0.3 is 5.97 Å². The molecule has 0 spiro atoms. The first-order valence-electron chi connectivity index (χ1n) is 5.76. The van der Waals surface area contributed by atoms with Gasteiger partial charge in [-0.05, 0) is 25.3 Å². The Hall–Kier alpha value is -1.10. The summed E-state index contributed by atoms with van der Waals surface area (Å²) in [6.07, 6.45) is 2.11. The molecule has 0 radical (unpaired) electrons. The standard InChI is InChI=1S/C11H20N2O3/c1-9(14)12-5-7-13-6-4-10(8-13)2-3-11(15)16/h10H,2-8H2,1H3,(H,12,14)(H,15,16). The smallest absolute Gasteiger partial charge is 0.303 e. The predicted octanol–water partition coefficient (Wildman–Crippen LogP) is 0.309. The van der Waals surface area contributed by atoms with Crippen molar-refractivity contribution in [3.63, 3.8) is 0 Å². The van der Waals surface area contributed by atoms with Crippen LogP contribution in [0.2, 0.25) is 0 Å². The van der Waals surface area contributed by atoms with Gasteiger partial charge in [-0.2, -0.15) is 0 Å². The number of rotatable bonds is 6. The van der Waals surface area contributed by atoms with Gasteiger partial charge in [0, 0.05) is 33.0 Å². The molecule has 5 nitrogen and oxygen atoms in total. The molecule has 1 unspecified atom stereocenters. The number of likely N-dealkylation sites (tertiary alicyclic amines) is 1. The monoisotopic (exact) mass is 228 g/mol. The lowest BCUT2D eigenvalue weighted by Crippen LogP contribution is -2.32. The highest BCUT2D eigenvalue weighted by Gasteiger charge is 2.22. The summed E-state index contributed by atoms with van der Waals surface area (Å²) in [5, 5.41) is 11.3. The minimum atomic E-state index is -0.711. The van der Waals surface area contributed by atoms with E-state index in [4.69, 9.17) is 5.11 Å². The highest BCUT2D eigenvalue weighted by Crippen LogP contribution is 2.20. The Bertz CT molecular complexity index is 256. The number of carboxylic acid groups (broad SMARTS) is 1. The van der Waals surface area contributed by atoms with Gasteiger partial charge in [0.1, 0.15) is 0 Å². The molecule has 0 aromatic carbocycles. The van der Waals surface area contributed by atoms with Crippen molar-refractivity contribution in [2.24, 2.45) is 5.92 Å². The number of amides is 1. The fourth-order valence-corrected chi connectivity index (χ4v) is 2.07. The average Bonchev–Trinajstić information content (AvgIpc) is 2.62. The first kappa shape index (κ1) is 13.0. The van der Waals surface area contributed by atoms with Crippen molar-refractivity contribution in [3.8, 4) is 0 Å². The number of nitrogens with one attached hydrogen (secondary N) is 1. The topological polar surface area (TPSA) is 69.6 Å². The number of carboxylic acids is 1. The lowest BCUT2D eigenvalue weighted by Gasteiger charge is -2.15. The second-order valence-corrected chi connectivity index (χ2v) is 4.37. The summed E-state index contributed by atoms with van der Waals surface area (Å²) in [6.45, 7) is 5.04. The second kappa shape index (κ2) is 6.48. The minimum Gasteiger partial charge on any atom is -0.481 e. The molecule has 1 saturated heterocycles. The van der Waals surface area contributed by atoms with E-state index in [2.05, 4.69) is 10.2 Å². The summed E-state index contributed by atoms with van der Waals surface area (Å²) in [6, 6.07) is 0. The number of nitrogens with zero attached hydrogens (tertiary/aromatic N) is 1. The van der Waals surface area contributed by atoms with Crippen molar-refractivity contribution in [3.05, 3.63) is 0 Å². The number of hydrogen-bond donors (Lipinski definition) is 2. The van der Waals surface area contributed by atoms with Gasteiger partial charge < -0.3 is 15.3 Å². The third-order valence-corrected chi connectivity index (χ3v) is 2.94. The Kier molecular flexibility index (Phi) is 5.25. The molecule has 1 rings (SSSR count). The zero-order valence-electron chi connectivity index (χ0n) is 9.74. The van der Waals surface area contributed by atoms with Crippen LogP contribution in [-0.4, -0.2) is 48.1 Å². The van der Waals surface area contributed by atoms with Gasteiger partial charge in [0.05, 0.1) is 0 Å². The van der Waals surface area contributed by atoms with Crippen LogP contribution >= 0.6 is 0 Å². The molecule has 16 heavy (non-hydrogen) atoms. The van der Waals surface area contributed by atoms with Crippen LogP contribution in [-0.2, 0) is 9.59 Å². The van der Waals surface area contributed by atoms with Crippen LogP contribution in [0.4, 0.5) is 0 Å². The van der Waals surface area contributed by atoms with Crippen molar-refractivity contribution in [2.75, 3.05) is 26.2 Å². The molecule has 0 aliphatic carbocycles. The highest BCUT2D eigenvalue weighted by atomic mass is 16.4. The lowest BCUT2D eigenvalue weighted by molar-refractivity contribution is -0.137. The Morgan fingerprint density at radius 3 is 2.88 bits per heavy atom. The summed E-state index contributed by atoms with van der Waals surface area (Å²) in [7, 11) is 0. The highest BCUT2D eigenvalue weighted by molar-refractivity contribution is 5.72. The normalized spacial score (nSPS) is 20.9. The second-order valence-electron chi connectivity index (χ2n) is 4.37. The number of aliphatic carboxylic acids is 1. The third-order valence-electron chi connectivity index (χ3n) is 2.94. The maximum Gasteiger partial charge on any atom is 0.303 e. The molecule has 1 aliphatic rings. The molecule has 0 bridgehead atoms. The molecular weight excluding hydrogens is 208 g/mol. The summed E-state index contributed by atoms with van der Waals surface area (Å²) in [4.78, 5) is 23.4. The van der Waals surface area contributed by atoms with Crippen molar-refractivity contribution >= 4 is 11.9 Å². The average molecular weight is 228 g/mol. The van der Waals surface area contributed by atoms with Gasteiger partial charge in [0.15, 0.2) is 0 Å². The van der Waals surface area contributed by atoms with E-state index in [1.807, 2.05) is 0 Å². The van der Waals surface area contributed by atoms with Gasteiger partial charge in [0.25, 0.3) is 0 Å². The molecule has 1 aliphatic heterocycles. The Morgan fingerprint density at radius 2 is 2.25 bits per heavy atom. The molecule has 0 aromatic heterocycles. The maximum absolute atomic E-state index is 10.7. The van der Waals surface area contributed by atoms with E-state index < -0.39 is 5.97 Å². The van der Waals surface area contributed by atoms with E-state index in [-0.39, 0.29) is 12.3 Å². The van der Waals surface area contributed by atoms with Gasteiger partial charge in [-0.15, -0.1) is 0 Å². The molecule has 0 aromatic rings. The SMILES string of the molecule is CC(=O)NCCN1CCC(CCC(=O)O)C1. The van der Waals surface area contributed by atoms with E-state index in [9.17, 15) is 9.59 Å². The van der Waals surface area contributed by atoms with Crippen molar-refractivity contribution in [2.45, 2.75) is 26.2 Å². The van der Waals surface area contributed by atoms with Crippen molar-refractivity contribution in [1.29, 1.82) is 0 Å². The molecule has 1 atom stereocenters. The van der Waals surface area contributed by atoms with Gasteiger partial charge in [-0.1, -0.05) is 0 Å². The first-order valence-corrected chi connectivity index (χ1v) is 5.76. The Morgan fingerprint density at radius 1 is 1.50 bits per heavy atom. The largest absolute Gasteiger partial charge is 0.481 e. The van der Waals surface area contributed by atoms with E-state index in [1.165, 1.54) is 6.92 Å². The molecule has 1 amide bonds. The van der Waals surface area contributed by atoms with Gasteiger partial charge in [-0.3, -0.25) is 9.59 Å². The van der Waals surface area contributed by atoms with Crippen LogP contribution in [0.25, 0.3) is 0 Å². The van der Waals surface area contributed by atoms with Crippen LogP contribution in [0.3, 0.4) is 0 Å². The zero-order valence-corrected chi connectivity index (χ0v) is 9.74. The number of hydrogen-bond acceptors (Lipinski definition) is 3. The van der Waals surface area contributed by atoms with Gasteiger partial charge in [-0.25, -0.2) is 0 Å². The van der Waals surface area contributed by atoms with E-state index >= 15 is 0 Å². The summed E-state index contributed by atoms with van der Waals surface area (Å²) in [5.41, 5.74) is 0. The molecule has 1 fully saturated rings. The first-order chi connectivity index (χ1) is 7.58. The van der Waals surface area contributed by atoms with E-state index in [0.29, 0.717) is 12.5 Å². The summed E-state index contributed by atoms with van der Waals surface area (Å²) in [5.74, 6) is -0.202. The molecule has 2 N–H and O–H groups in total. The van der Waals surface area contributed by atoms with Crippen molar-refractivity contribution in [1.82, 2.24) is 10.2 Å². The molecule has 1 heterocycles. The predicted molar refractivity (Wildman–Crippen MR) is 60.1 cm³/mol. The van der Waals surface area contributed by atoms with Crippen LogP contribution in [0, 0.1) is 5.92 Å². The Balaban J connectivity index is 2.10. The summed E-state index contributed by atoms with van der Waals surface area (Å²) >= 11 is 0. The quantitative estimate of drug-likeness (QED) is 0.686. The van der Waals surface area contributed by atoms with E-state index in [1.54, 1.807) is 0 Å². The van der Waals surface area contributed by atoms with Crippen LogP contribution in [0.1, 0.15) is 26.2 Å². The zero-order chi connectivity index (χ0) is 12.0. The molecule has 5 heteroatoms. The van der Waals surface area contributed by atoms with E-state index in [0.717, 1.165) is 32.5 Å². The lowest BCUT2D eigenvalue weighted by atomic mass is 10.0. The molecule has 92 valence electrons. The molecular formula is C11H20N2O3. The van der Waals surface area contributed by atoms with Crippen LogP contribution in [0.15, 0.2) is 0 Å². The Labute approximate surface area is 95.8 Å². The van der Waals surface area contributed by atoms with Gasteiger partial charge in [0.2, 0.25) is 5.91 Å². The fourth-order valence-electron chi connectivity index (χ4n) is 2.07. The number of carbonyl (C=O) groups is 2. The maximum atomic E-state index is 10.7. The van der Waals surface area contributed by atoms with Crippen LogP contribution in [0.5, 0.6) is 0 Å².